The van der Waals surface area contributed by atoms with Gasteiger partial charge in [0.1, 0.15) is 0 Å². The summed E-state index contributed by atoms with van der Waals surface area (Å²) < 4.78 is 11.9. The van der Waals surface area contributed by atoms with Crippen molar-refractivity contribution in [3.05, 3.63) is 84.9 Å². The van der Waals surface area contributed by atoms with Gasteiger partial charge in [0.25, 0.3) is 0 Å². The van der Waals surface area contributed by atoms with Crippen molar-refractivity contribution < 1.29 is 8.85 Å². The molecule has 4 heteroatoms. The lowest BCUT2D eigenvalue weighted by molar-refractivity contribution is 0.272. The van der Waals surface area contributed by atoms with Gasteiger partial charge in [0.05, 0.1) is 0 Å². The molecule has 0 aliphatic rings. The quantitative estimate of drug-likeness (QED) is 0.631. The molecule has 0 fully saturated rings. The molecule has 0 saturated heterocycles. The largest absolute Gasteiger partial charge is 0.406 e. The summed E-state index contributed by atoms with van der Waals surface area (Å²) in [7, 11) is 0.843. The third-order valence-corrected chi connectivity index (χ3v) is 8.29. The van der Waals surface area contributed by atoms with E-state index in [-0.39, 0.29) is 0 Å². The highest BCUT2D eigenvalue weighted by molar-refractivity contribution is 7.99. The third-order valence-electron chi connectivity index (χ3n) is 3.94. The molecule has 0 N–H and O–H groups in total. The fourth-order valence-electron chi connectivity index (χ4n) is 2.75. The fraction of sp³-hybridized carbons (Fsp3) is 0.100. The first-order chi connectivity index (χ1) is 11.8. The Bertz CT molecular complexity index is 757. The molecule has 0 atom stereocenters. The van der Waals surface area contributed by atoms with Crippen molar-refractivity contribution >= 4 is 30.7 Å². The maximum absolute atomic E-state index is 5.93. The van der Waals surface area contributed by atoms with Gasteiger partial charge < -0.3 is 8.85 Å². The van der Waals surface area contributed by atoms with Crippen LogP contribution in [0.15, 0.2) is 94.7 Å². The van der Waals surface area contributed by atoms with Gasteiger partial charge in [0.2, 0.25) is 0 Å². The van der Waals surface area contributed by atoms with Gasteiger partial charge in [-0.3, -0.25) is 0 Å². The lowest BCUT2D eigenvalue weighted by atomic mass is 10.4. The highest BCUT2D eigenvalue weighted by Crippen LogP contribution is 2.26. The minimum absolute atomic E-state index is 1.11. The van der Waals surface area contributed by atoms with Crippen molar-refractivity contribution in [2.75, 3.05) is 14.2 Å². The van der Waals surface area contributed by atoms with E-state index in [1.165, 1.54) is 9.79 Å². The van der Waals surface area contributed by atoms with Crippen molar-refractivity contribution in [2.24, 2.45) is 0 Å². The Morgan fingerprint density at radius 3 is 1.58 bits per heavy atom. The summed E-state index contributed by atoms with van der Waals surface area (Å²) in [6.07, 6.45) is 0. The molecular weight excluding hydrogens is 332 g/mol. The highest BCUT2D eigenvalue weighted by atomic mass is 32.2. The SMILES string of the molecule is CO[Si](OC)(c1ccccc1)c1ccc(Sc2ccccc2)cc1. The molecule has 0 aliphatic heterocycles. The average molecular weight is 353 g/mol. The second-order valence-electron chi connectivity index (χ2n) is 5.33. The van der Waals surface area contributed by atoms with Gasteiger partial charge >= 0.3 is 8.56 Å². The average Bonchev–Trinajstić information content (AvgIpc) is 2.66. The van der Waals surface area contributed by atoms with E-state index in [0.717, 1.165) is 10.4 Å². The van der Waals surface area contributed by atoms with Crippen LogP contribution < -0.4 is 10.4 Å². The minimum atomic E-state index is -2.62. The van der Waals surface area contributed by atoms with Crippen LogP contribution in [0.1, 0.15) is 0 Å². The first kappa shape index (κ1) is 17.0. The summed E-state index contributed by atoms with van der Waals surface area (Å²) in [6, 6.07) is 29.1. The van der Waals surface area contributed by atoms with Gasteiger partial charge in [-0.15, -0.1) is 0 Å². The molecule has 0 radical (unpaired) electrons. The van der Waals surface area contributed by atoms with Crippen molar-refractivity contribution in [2.45, 2.75) is 9.79 Å². The first-order valence-corrected chi connectivity index (χ1v) is 10.4. The Morgan fingerprint density at radius 1 is 0.583 bits per heavy atom. The first-order valence-electron chi connectivity index (χ1n) is 7.78. The van der Waals surface area contributed by atoms with Crippen LogP contribution in [0.2, 0.25) is 0 Å². The third kappa shape index (κ3) is 3.47. The van der Waals surface area contributed by atoms with Gasteiger partial charge in [-0.25, -0.2) is 0 Å². The zero-order valence-electron chi connectivity index (χ0n) is 13.8. The minimum Gasteiger partial charge on any atom is -0.391 e. The Labute approximate surface area is 148 Å². The number of hydrogen-bond donors (Lipinski definition) is 0. The van der Waals surface area contributed by atoms with Crippen LogP contribution in [-0.4, -0.2) is 22.8 Å². The van der Waals surface area contributed by atoms with Crippen molar-refractivity contribution in [1.82, 2.24) is 0 Å². The lowest BCUT2D eigenvalue weighted by Crippen LogP contribution is -2.62. The Balaban J connectivity index is 1.90. The number of hydrogen-bond acceptors (Lipinski definition) is 3. The molecule has 24 heavy (non-hydrogen) atoms. The van der Waals surface area contributed by atoms with E-state index in [2.05, 4.69) is 60.7 Å². The molecule has 3 rings (SSSR count). The molecule has 0 saturated carbocycles. The van der Waals surface area contributed by atoms with Crippen LogP contribution in [0.4, 0.5) is 0 Å². The van der Waals surface area contributed by atoms with Gasteiger partial charge in [-0.2, -0.15) is 0 Å². The second-order valence-corrected chi connectivity index (χ2v) is 9.68. The van der Waals surface area contributed by atoms with Gasteiger partial charge in [0.15, 0.2) is 0 Å². The summed E-state index contributed by atoms with van der Waals surface area (Å²) in [6.45, 7) is 0. The monoisotopic (exact) mass is 352 g/mol. The van der Waals surface area contributed by atoms with E-state index in [1.807, 2.05) is 24.3 Å². The molecule has 3 aromatic rings. The van der Waals surface area contributed by atoms with E-state index >= 15 is 0 Å². The molecule has 0 aliphatic carbocycles. The molecule has 0 unspecified atom stereocenters. The van der Waals surface area contributed by atoms with Gasteiger partial charge in [-0.05, 0) is 34.6 Å². The standard InChI is InChI=1S/C20H20O2SSi/c1-21-24(22-2,19-11-7-4-8-12-19)20-15-13-18(14-16-20)23-17-9-5-3-6-10-17/h3-16H,1-2H3. The molecule has 0 aromatic heterocycles. The second kappa shape index (κ2) is 7.81. The number of benzene rings is 3. The molecule has 0 heterocycles. The lowest BCUT2D eigenvalue weighted by Gasteiger charge is -2.28. The molecule has 2 nitrogen and oxygen atoms in total. The van der Waals surface area contributed by atoms with Crippen molar-refractivity contribution in [3.8, 4) is 0 Å². The van der Waals surface area contributed by atoms with Crippen LogP contribution in [0.5, 0.6) is 0 Å². The molecule has 3 aromatic carbocycles. The summed E-state index contributed by atoms with van der Waals surface area (Å²) in [5, 5.41) is 2.22. The van der Waals surface area contributed by atoms with Gasteiger partial charge in [0, 0.05) is 24.0 Å². The smallest absolute Gasteiger partial charge is 0.391 e. The van der Waals surface area contributed by atoms with Crippen LogP contribution in [0, 0.1) is 0 Å². The zero-order valence-corrected chi connectivity index (χ0v) is 15.6. The van der Waals surface area contributed by atoms with E-state index in [9.17, 15) is 0 Å². The number of rotatable bonds is 6. The zero-order chi connectivity index (χ0) is 16.8. The summed E-state index contributed by atoms with van der Waals surface area (Å²) in [4.78, 5) is 2.43. The van der Waals surface area contributed by atoms with Crippen LogP contribution >= 0.6 is 11.8 Å². The van der Waals surface area contributed by atoms with E-state index in [1.54, 1.807) is 26.0 Å². The van der Waals surface area contributed by atoms with Crippen LogP contribution in [0.3, 0.4) is 0 Å². The fourth-order valence-corrected chi connectivity index (χ4v) is 6.26. The normalized spacial score (nSPS) is 11.4. The van der Waals surface area contributed by atoms with Crippen LogP contribution in [-0.2, 0) is 8.85 Å². The molecule has 0 amide bonds. The predicted octanol–water partition coefficient (Wildman–Crippen LogP) is 3.69. The topological polar surface area (TPSA) is 18.5 Å². The maximum atomic E-state index is 5.93. The Hall–Kier alpha value is -1.85. The van der Waals surface area contributed by atoms with Gasteiger partial charge in [-0.1, -0.05) is 72.4 Å². The highest BCUT2D eigenvalue weighted by Gasteiger charge is 2.40. The maximum Gasteiger partial charge on any atom is 0.406 e. The van der Waals surface area contributed by atoms with E-state index in [4.69, 9.17) is 8.85 Å². The summed E-state index contributed by atoms with van der Waals surface area (Å²) in [5.74, 6) is 0. The molecule has 0 spiro atoms. The Morgan fingerprint density at radius 2 is 1.04 bits per heavy atom. The van der Waals surface area contributed by atoms with Crippen molar-refractivity contribution in [1.29, 1.82) is 0 Å². The summed E-state index contributed by atoms with van der Waals surface area (Å²) >= 11 is 1.75. The molecule has 122 valence electrons. The van der Waals surface area contributed by atoms with Crippen LogP contribution in [0.25, 0.3) is 0 Å². The predicted molar refractivity (Wildman–Crippen MR) is 102 cm³/mol. The molecular formula is C20H20O2SSi. The summed E-state index contributed by atoms with van der Waals surface area (Å²) in [5.41, 5.74) is 0. The van der Waals surface area contributed by atoms with E-state index < -0.39 is 8.56 Å². The Kier molecular flexibility index (Phi) is 5.53. The molecule has 0 bridgehead atoms. The van der Waals surface area contributed by atoms with E-state index in [0.29, 0.717) is 0 Å². The van der Waals surface area contributed by atoms with Crippen molar-refractivity contribution in [3.63, 3.8) is 0 Å².